The minimum atomic E-state index is -1.18. The molecule has 3 N–H and O–H groups in total. The molecule has 0 saturated carbocycles. The van der Waals surface area contributed by atoms with Gasteiger partial charge in [-0.1, -0.05) is 30.3 Å². The van der Waals surface area contributed by atoms with Crippen LogP contribution in [0.15, 0.2) is 30.3 Å². The maximum Gasteiger partial charge on any atom is 0.407 e. The SMILES string of the molecule is O=C(NCC(=O)N1C[C@H](O)C[C@H]1C(=O)O)OCc1ccccc1. The van der Waals surface area contributed by atoms with Gasteiger partial charge in [0, 0.05) is 13.0 Å². The molecule has 1 aromatic rings. The Morgan fingerprint density at radius 3 is 2.61 bits per heavy atom. The molecule has 8 nitrogen and oxygen atoms in total. The van der Waals surface area contributed by atoms with Crippen LogP contribution in [0.5, 0.6) is 0 Å². The van der Waals surface area contributed by atoms with E-state index in [0.717, 1.165) is 10.5 Å². The van der Waals surface area contributed by atoms with Gasteiger partial charge in [0.2, 0.25) is 5.91 Å². The number of β-amino-alcohol motifs (C(OH)–C–C–N with tert-alkyl or cyclic N) is 1. The lowest BCUT2D eigenvalue weighted by atomic mass is 10.2. The molecule has 0 aromatic heterocycles. The normalized spacial score (nSPS) is 20.1. The molecule has 8 heteroatoms. The number of ether oxygens (including phenoxy) is 1. The summed E-state index contributed by atoms with van der Waals surface area (Å²) in [5, 5.41) is 20.8. The van der Waals surface area contributed by atoms with Gasteiger partial charge in [0.1, 0.15) is 19.2 Å². The molecule has 2 rings (SSSR count). The topological polar surface area (TPSA) is 116 Å². The van der Waals surface area contributed by atoms with Crippen LogP contribution in [0, 0.1) is 0 Å². The van der Waals surface area contributed by atoms with Gasteiger partial charge < -0.3 is 25.2 Å². The van der Waals surface area contributed by atoms with E-state index in [0.29, 0.717) is 0 Å². The number of benzene rings is 1. The second-order valence-corrected chi connectivity index (χ2v) is 5.20. The summed E-state index contributed by atoms with van der Waals surface area (Å²) in [6.07, 6.45) is -1.65. The Balaban J connectivity index is 1.77. The number of carboxylic acids is 1. The van der Waals surface area contributed by atoms with Crippen LogP contribution in [0.25, 0.3) is 0 Å². The lowest BCUT2D eigenvalue weighted by Gasteiger charge is -2.21. The van der Waals surface area contributed by atoms with E-state index in [9.17, 15) is 19.5 Å². The Morgan fingerprint density at radius 2 is 1.96 bits per heavy atom. The smallest absolute Gasteiger partial charge is 0.407 e. The number of nitrogens with zero attached hydrogens (tertiary/aromatic N) is 1. The number of carbonyl (C=O) groups is 3. The first-order valence-corrected chi connectivity index (χ1v) is 7.12. The number of aliphatic carboxylic acids is 1. The zero-order valence-electron chi connectivity index (χ0n) is 12.3. The van der Waals surface area contributed by atoms with Crippen molar-refractivity contribution in [3.8, 4) is 0 Å². The molecule has 0 bridgehead atoms. The quantitative estimate of drug-likeness (QED) is 0.700. The second-order valence-electron chi connectivity index (χ2n) is 5.20. The molecule has 1 aliphatic heterocycles. The van der Waals surface area contributed by atoms with E-state index in [1.807, 2.05) is 18.2 Å². The summed E-state index contributed by atoms with van der Waals surface area (Å²) in [5.74, 6) is -1.76. The van der Waals surface area contributed by atoms with Crippen LogP contribution in [0.4, 0.5) is 4.79 Å². The molecule has 1 heterocycles. The third kappa shape index (κ3) is 4.68. The second kappa shape index (κ2) is 7.59. The first kappa shape index (κ1) is 16.8. The van der Waals surface area contributed by atoms with Gasteiger partial charge in [-0.15, -0.1) is 0 Å². The van der Waals surface area contributed by atoms with Crippen LogP contribution in [-0.2, 0) is 20.9 Å². The van der Waals surface area contributed by atoms with Gasteiger partial charge in [-0.05, 0) is 5.56 Å². The van der Waals surface area contributed by atoms with Crippen molar-refractivity contribution in [2.75, 3.05) is 13.1 Å². The largest absolute Gasteiger partial charge is 0.480 e. The predicted octanol–water partition coefficient (Wildman–Crippen LogP) is -0.0408. The van der Waals surface area contributed by atoms with Gasteiger partial charge in [0.25, 0.3) is 0 Å². The lowest BCUT2D eigenvalue weighted by Crippen LogP contribution is -2.45. The monoisotopic (exact) mass is 322 g/mol. The highest BCUT2D eigenvalue weighted by Gasteiger charge is 2.38. The summed E-state index contributed by atoms with van der Waals surface area (Å²) in [6, 6.07) is 7.98. The van der Waals surface area contributed by atoms with Gasteiger partial charge in [0.15, 0.2) is 0 Å². The average Bonchev–Trinajstić information content (AvgIpc) is 2.94. The molecule has 1 saturated heterocycles. The summed E-state index contributed by atoms with van der Waals surface area (Å²) >= 11 is 0. The molecule has 0 radical (unpaired) electrons. The highest BCUT2D eigenvalue weighted by atomic mass is 16.5. The maximum absolute atomic E-state index is 12.0. The molecular weight excluding hydrogens is 304 g/mol. The highest BCUT2D eigenvalue weighted by Crippen LogP contribution is 2.18. The number of aliphatic hydroxyl groups excluding tert-OH is 1. The van der Waals surface area contributed by atoms with E-state index in [-0.39, 0.29) is 26.1 Å². The summed E-state index contributed by atoms with van der Waals surface area (Å²) in [7, 11) is 0. The van der Waals surface area contributed by atoms with Crippen molar-refractivity contribution >= 4 is 18.0 Å². The zero-order valence-corrected chi connectivity index (χ0v) is 12.3. The van der Waals surface area contributed by atoms with Gasteiger partial charge >= 0.3 is 12.1 Å². The minimum absolute atomic E-state index is 0.0144. The van der Waals surface area contributed by atoms with Crippen molar-refractivity contribution in [1.82, 2.24) is 10.2 Å². The molecule has 0 aliphatic carbocycles. The Hall–Kier alpha value is -2.61. The number of alkyl carbamates (subject to hydrolysis) is 1. The van der Waals surface area contributed by atoms with Gasteiger partial charge in [0.05, 0.1) is 6.10 Å². The Bertz CT molecular complexity index is 577. The van der Waals surface area contributed by atoms with Crippen LogP contribution in [-0.4, -0.2) is 58.3 Å². The van der Waals surface area contributed by atoms with Crippen LogP contribution < -0.4 is 5.32 Å². The standard InChI is InChI=1S/C15H18N2O6/c18-11-6-12(14(20)21)17(8-11)13(19)7-16-15(22)23-9-10-4-2-1-3-5-10/h1-5,11-12,18H,6-9H2,(H,16,22)(H,20,21)/t11-,12+/m1/s1. The molecule has 2 atom stereocenters. The molecule has 1 aromatic carbocycles. The van der Waals surface area contributed by atoms with Crippen molar-refractivity contribution < 1.29 is 29.3 Å². The van der Waals surface area contributed by atoms with Crippen molar-refractivity contribution in [3.05, 3.63) is 35.9 Å². The first-order chi connectivity index (χ1) is 11.0. The molecule has 1 fully saturated rings. The Morgan fingerprint density at radius 1 is 1.26 bits per heavy atom. The molecule has 0 unspecified atom stereocenters. The average molecular weight is 322 g/mol. The number of nitrogens with one attached hydrogen (secondary N) is 1. The number of carboxylic acid groups (broad SMARTS) is 1. The fraction of sp³-hybridized carbons (Fsp3) is 0.400. The number of hydrogen-bond donors (Lipinski definition) is 3. The minimum Gasteiger partial charge on any atom is -0.480 e. The van der Waals surface area contributed by atoms with Crippen molar-refractivity contribution in [2.24, 2.45) is 0 Å². The van der Waals surface area contributed by atoms with E-state index in [1.54, 1.807) is 12.1 Å². The molecule has 1 aliphatic rings. The zero-order chi connectivity index (χ0) is 16.8. The van der Waals surface area contributed by atoms with E-state index in [2.05, 4.69) is 5.32 Å². The van der Waals surface area contributed by atoms with Crippen molar-refractivity contribution in [1.29, 1.82) is 0 Å². The van der Waals surface area contributed by atoms with E-state index >= 15 is 0 Å². The van der Waals surface area contributed by atoms with Gasteiger partial charge in [-0.2, -0.15) is 0 Å². The number of amides is 2. The fourth-order valence-corrected chi connectivity index (χ4v) is 2.35. The Labute approximate surface area is 132 Å². The Kier molecular flexibility index (Phi) is 5.53. The molecule has 0 spiro atoms. The van der Waals surface area contributed by atoms with Crippen LogP contribution in [0.3, 0.4) is 0 Å². The van der Waals surface area contributed by atoms with Crippen molar-refractivity contribution in [2.45, 2.75) is 25.2 Å². The van der Waals surface area contributed by atoms with Crippen LogP contribution >= 0.6 is 0 Å². The lowest BCUT2D eigenvalue weighted by molar-refractivity contribution is -0.147. The molecular formula is C15H18N2O6. The van der Waals surface area contributed by atoms with E-state index < -0.39 is 30.1 Å². The maximum atomic E-state index is 12.0. The highest BCUT2D eigenvalue weighted by molar-refractivity contribution is 5.87. The predicted molar refractivity (Wildman–Crippen MR) is 78.4 cm³/mol. The van der Waals surface area contributed by atoms with Gasteiger partial charge in [-0.3, -0.25) is 4.79 Å². The van der Waals surface area contributed by atoms with Crippen LogP contribution in [0.1, 0.15) is 12.0 Å². The number of aliphatic hydroxyl groups is 1. The van der Waals surface area contributed by atoms with E-state index in [1.165, 1.54) is 0 Å². The number of rotatable bonds is 5. The summed E-state index contributed by atoms with van der Waals surface area (Å²) in [6.45, 7) is -0.373. The van der Waals surface area contributed by atoms with Crippen LogP contribution in [0.2, 0.25) is 0 Å². The summed E-state index contributed by atoms with van der Waals surface area (Å²) in [4.78, 5) is 35.6. The number of hydrogen-bond acceptors (Lipinski definition) is 5. The fourth-order valence-electron chi connectivity index (χ4n) is 2.35. The number of carbonyl (C=O) groups excluding carboxylic acids is 2. The van der Waals surface area contributed by atoms with Gasteiger partial charge in [-0.25, -0.2) is 9.59 Å². The van der Waals surface area contributed by atoms with Crippen molar-refractivity contribution in [3.63, 3.8) is 0 Å². The third-order valence-corrected chi connectivity index (χ3v) is 3.48. The molecule has 2 amide bonds. The first-order valence-electron chi connectivity index (χ1n) is 7.12. The number of likely N-dealkylation sites (tertiary alicyclic amines) is 1. The van der Waals surface area contributed by atoms with E-state index in [4.69, 9.17) is 9.84 Å². The summed E-state index contributed by atoms with van der Waals surface area (Å²) in [5.41, 5.74) is 0.808. The molecule has 124 valence electrons. The third-order valence-electron chi connectivity index (χ3n) is 3.48. The molecule has 23 heavy (non-hydrogen) atoms. The summed E-state index contributed by atoms with van der Waals surface area (Å²) < 4.78 is 4.95.